The van der Waals surface area contributed by atoms with Crippen LogP contribution >= 0.6 is 0 Å². The van der Waals surface area contributed by atoms with Crippen molar-refractivity contribution in [2.24, 2.45) is 0 Å². The lowest BCUT2D eigenvalue weighted by molar-refractivity contribution is -0.139. The van der Waals surface area contributed by atoms with Gasteiger partial charge in [-0.3, -0.25) is 4.79 Å². The SMILES string of the molecule is COc1ccc(-n2c(C)cc(C(=O)NC(Cc3ccccc3)C(=O)O)c2C)cc1. The summed E-state index contributed by atoms with van der Waals surface area (Å²) in [5.74, 6) is -0.716. The molecule has 1 heterocycles. The molecule has 29 heavy (non-hydrogen) atoms. The average molecular weight is 392 g/mol. The van der Waals surface area contributed by atoms with Gasteiger partial charge in [0.25, 0.3) is 5.91 Å². The Labute approximate surface area is 169 Å². The maximum atomic E-state index is 12.9. The molecule has 0 saturated heterocycles. The van der Waals surface area contributed by atoms with Crippen LogP contribution in [0.5, 0.6) is 5.75 Å². The molecule has 6 nitrogen and oxygen atoms in total. The summed E-state index contributed by atoms with van der Waals surface area (Å²) in [6, 6.07) is 17.6. The van der Waals surface area contributed by atoms with Crippen LogP contribution < -0.4 is 10.1 Å². The van der Waals surface area contributed by atoms with Crippen molar-refractivity contribution in [3.8, 4) is 11.4 Å². The van der Waals surface area contributed by atoms with E-state index in [0.29, 0.717) is 5.56 Å². The Kier molecular flexibility index (Phi) is 6.02. The van der Waals surface area contributed by atoms with Gasteiger partial charge in [-0.25, -0.2) is 4.79 Å². The lowest BCUT2D eigenvalue weighted by Crippen LogP contribution is -2.42. The first kappa shape index (κ1) is 20.2. The lowest BCUT2D eigenvalue weighted by atomic mass is 10.1. The Hall–Kier alpha value is -3.54. The van der Waals surface area contributed by atoms with Crippen molar-refractivity contribution in [3.63, 3.8) is 0 Å². The van der Waals surface area contributed by atoms with Crippen molar-refractivity contribution in [1.29, 1.82) is 0 Å². The summed E-state index contributed by atoms with van der Waals surface area (Å²) >= 11 is 0. The summed E-state index contributed by atoms with van der Waals surface area (Å²) < 4.78 is 7.15. The third-order valence-electron chi connectivity index (χ3n) is 4.89. The summed E-state index contributed by atoms with van der Waals surface area (Å²) in [6.07, 6.45) is 0.221. The van der Waals surface area contributed by atoms with Crippen LogP contribution in [0.1, 0.15) is 27.3 Å². The summed E-state index contributed by atoms with van der Waals surface area (Å²) in [7, 11) is 1.61. The molecular formula is C23H24N2O4. The number of hydrogen-bond donors (Lipinski definition) is 2. The molecule has 2 aromatic carbocycles. The second-order valence-corrected chi connectivity index (χ2v) is 6.87. The van der Waals surface area contributed by atoms with E-state index in [-0.39, 0.29) is 6.42 Å². The minimum absolute atomic E-state index is 0.221. The molecule has 0 aliphatic heterocycles. The van der Waals surface area contributed by atoms with Gasteiger partial charge in [0.15, 0.2) is 0 Å². The van der Waals surface area contributed by atoms with Gasteiger partial charge in [-0.1, -0.05) is 30.3 Å². The molecule has 0 bridgehead atoms. The maximum Gasteiger partial charge on any atom is 0.326 e. The van der Waals surface area contributed by atoms with Crippen molar-refractivity contribution < 1.29 is 19.4 Å². The van der Waals surface area contributed by atoms with Crippen LogP contribution in [0, 0.1) is 13.8 Å². The lowest BCUT2D eigenvalue weighted by Gasteiger charge is -2.15. The number of carboxylic acid groups (broad SMARTS) is 1. The zero-order chi connectivity index (χ0) is 21.0. The number of nitrogens with zero attached hydrogens (tertiary/aromatic N) is 1. The third-order valence-corrected chi connectivity index (χ3v) is 4.89. The zero-order valence-corrected chi connectivity index (χ0v) is 16.7. The number of aliphatic carboxylic acids is 1. The van der Waals surface area contributed by atoms with Gasteiger partial charge < -0.3 is 19.7 Å². The van der Waals surface area contributed by atoms with E-state index >= 15 is 0 Å². The van der Waals surface area contributed by atoms with Gasteiger partial charge >= 0.3 is 5.97 Å². The number of amides is 1. The van der Waals surface area contributed by atoms with Crippen LogP contribution in [-0.2, 0) is 11.2 Å². The van der Waals surface area contributed by atoms with Crippen LogP contribution in [-0.4, -0.2) is 34.7 Å². The van der Waals surface area contributed by atoms with E-state index in [4.69, 9.17) is 4.74 Å². The predicted molar refractivity (Wildman–Crippen MR) is 111 cm³/mol. The fourth-order valence-corrected chi connectivity index (χ4v) is 3.41. The number of hydrogen-bond acceptors (Lipinski definition) is 3. The molecule has 150 valence electrons. The van der Waals surface area contributed by atoms with Gasteiger partial charge in [-0.15, -0.1) is 0 Å². The average Bonchev–Trinajstić information content (AvgIpc) is 3.02. The Bertz CT molecular complexity index is 1010. The molecule has 1 atom stereocenters. The minimum atomic E-state index is -1.06. The number of ether oxygens (including phenoxy) is 1. The minimum Gasteiger partial charge on any atom is -0.497 e. The van der Waals surface area contributed by atoms with E-state index in [0.717, 1.165) is 28.4 Å². The van der Waals surface area contributed by atoms with E-state index in [1.165, 1.54) is 0 Å². The molecule has 0 aliphatic carbocycles. The molecule has 6 heteroatoms. The molecular weight excluding hydrogens is 368 g/mol. The van der Waals surface area contributed by atoms with Gasteiger partial charge in [-0.2, -0.15) is 0 Å². The highest BCUT2D eigenvalue weighted by molar-refractivity contribution is 5.98. The first-order valence-electron chi connectivity index (χ1n) is 9.31. The number of aromatic nitrogens is 1. The summed E-state index contributed by atoms with van der Waals surface area (Å²) in [5, 5.41) is 12.2. The normalized spacial score (nSPS) is 11.7. The monoisotopic (exact) mass is 392 g/mol. The van der Waals surface area contributed by atoms with Gasteiger partial charge in [0.05, 0.1) is 12.7 Å². The molecule has 2 N–H and O–H groups in total. The Morgan fingerprint density at radius 2 is 1.72 bits per heavy atom. The fraction of sp³-hybridized carbons (Fsp3) is 0.217. The molecule has 0 spiro atoms. The van der Waals surface area contributed by atoms with Crippen LogP contribution in [0.15, 0.2) is 60.7 Å². The first-order chi connectivity index (χ1) is 13.9. The highest BCUT2D eigenvalue weighted by atomic mass is 16.5. The van der Waals surface area contributed by atoms with Crippen molar-refractivity contribution in [1.82, 2.24) is 9.88 Å². The van der Waals surface area contributed by atoms with E-state index in [1.54, 1.807) is 13.2 Å². The van der Waals surface area contributed by atoms with E-state index in [1.807, 2.05) is 73.0 Å². The Morgan fingerprint density at radius 1 is 1.07 bits per heavy atom. The smallest absolute Gasteiger partial charge is 0.326 e. The molecule has 0 radical (unpaired) electrons. The fourth-order valence-electron chi connectivity index (χ4n) is 3.41. The highest BCUT2D eigenvalue weighted by Crippen LogP contribution is 2.23. The number of carbonyl (C=O) groups is 2. The number of nitrogens with one attached hydrogen (secondary N) is 1. The van der Waals surface area contributed by atoms with Crippen LogP contribution in [0.25, 0.3) is 5.69 Å². The number of aryl methyl sites for hydroxylation is 1. The molecule has 1 aromatic heterocycles. The Morgan fingerprint density at radius 3 is 2.31 bits per heavy atom. The second kappa shape index (κ2) is 8.65. The van der Waals surface area contributed by atoms with Crippen LogP contribution in [0.2, 0.25) is 0 Å². The van der Waals surface area contributed by atoms with Crippen molar-refractivity contribution >= 4 is 11.9 Å². The van der Waals surface area contributed by atoms with Crippen molar-refractivity contribution in [3.05, 3.63) is 83.2 Å². The summed E-state index contributed by atoms with van der Waals surface area (Å²) in [4.78, 5) is 24.5. The molecule has 3 aromatic rings. The third kappa shape index (κ3) is 4.48. The topological polar surface area (TPSA) is 80.6 Å². The first-order valence-corrected chi connectivity index (χ1v) is 9.31. The highest BCUT2D eigenvalue weighted by Gasteiger charge is 2.24. The van der Waals surface area contributed by atoms with Crippen molar-refractivity contribution in [2.75, 3.05) is 7.11 Å². The van der Waals surface area contributed by atoms with Gasteiger partial charge in [0.2, 0.25) is 0 Å². The van der Waals surface area contributed by atoms with E-state index in [9.17, 15) is 14.7 Å². The largest absolute Gasteiger partial charge is 0.497 e. The van der Waals surface area contributed by atoms with Gasteiger partial charge in [0.1, 0.15) is 11.8 Å². The number of methoxy groups -OCH3 is 1. The number of benzene rings is 2. The van der Waals surface area contributed by atoms with Crippen molar-refractivity contribution in [2.45, 2.75) is 26.3 Å². The molecule has 0 saturated carbocycles. The summed E-state index contributed by atoms with van der Waals surface area (Å²) in [6.45, 7) is 3.76. The summed E-state index contributed by atoms with van der Waals surface area (Å²) in [5.41, 5.74) is 3.84. The number of carboxylic acids is 1. The van der Waals surface area contributed by atoms with Crippen LogP contribution in [0.4, 0.5) is 0 Å². The molecule has 1 amide bonds. The maximum absolute atomic E-state index is 12.9. The Balaban J connectivity index is 1.84. The van der Waals surface area contributed by atoms with E-state index in [2.05, 4.69) is 5.32 Å². The predicted octanol–water partition coefficient (Wildman–Crippen LogP) is 3.53. The molecule has 3 rings (SSSR count). The second-order valence-electron chi connectivity index (χ2n) is 6.87. The van der Waals surface area contributed by atoms with E-state index < -0.39 is 17.9 Å². The number of carbonyl (C=O) groups excluding carboxylic acids is 1. The van der Waals surface area contributed by atoms with Crippen LogP contribution in [0.3, 0.4) is 0 Å². The number of rotatable bonds is 7. The van der Waals surface area contributed by atoms with Gasteiger partial charge in [0, 0.05) is 23.5 Å². The zero-order valence-electron chi connectivity index (χ0n) is 16.7. The molecule has 1 unspecified atom stereocenters. The quantitative estimate of drug-likeness (QED) is 0.645. The molecule has 0 aliphatic rings. The molecule has 0 fully saturated rings. The van der Waals surface area contributed by atoms with Gasteiger partial charge in [-0.05, 0) is 49.7 Å². The standard InChI is InChI=1S/C23H24N2O4/c1-15-13-20(16(2)25(15)18-9-11-19(29-3)12-10-18)22(26)24-21(23(27)28)14-17-7-5-4-6-8-17/h4-13,21H,14H2,1-3H3,(H,24,26)(H,27,28).